The van der Waals surface area contributed by atoms with E-state index in [1.54, 1.807) is 6.92 Å². The zero-order valence-electron chi connectivity index (χ0n) is 13.6. The largest absolute Gasteiger partial charge is 0.356 e. The van der Waals surface area contributed by atoms with Gasteiger partial charge in [-0.2, -0.15) is 0 Å². The average molecular weight is 338 g/mol. The summed E-state index contributed by atoms with van der Waals surface area (Å²) in [6.45, 7) is 6.19. The average Bonchev–Trinajstić information content (AvgIpc) is 2.55. The summed E-state index contributed by atoms with van der Waals surface area (Å²) < 4.78 is 0. The zero-order chi connectivity index (χ0) is 16.7. The first-order valence-electron chi connectivity index (χ1n) is 8.03. The Labute approximate surface area is 142 Å². The summed E-state index contributed by atoms with van der Waals surface area (Å²) in [7, 11) is 0. The van der Waals surface area contributed by atoms with E-state index >= 15 is 0 Å². The minimum absolute atomic E-state index is 0.0768. The zero-order valence-corrected chi connectivity index (χ0v) is 14.3. The van der Waals surface area contributed by atoms with Crippen LogP contribution in [-0.4, -0.2) is 60.9 Å². The van der Waals surface area contributed by atoms with Crippen LogP contribution in [0, 0.1) is 0 Å². The maximum absolute atomic E-state index is 11.9. The maximum Gasteiger partial charge on any atom is 0.221 e. The molecule has 0 saturated carbocycles. The highest BCUT2D eigenvalue weighted by molar-refractivity contribution is 6.30. The molecule has 2 amide bonds. The molecular formula is C17H24ClN3O2. The standard InChI is InChI=1S/C17H24ClN3O2/c1-14(22)21-12-10-20(11-13-21)9-7-17(23)19-8-6-15-2-4-16(18)5-3-15/h2-5H,6-13H2,1H3,(H,19,23). The lowest BCUT2D eigenvalue weighted by Crippen LogP contribution is -2.48. The van der Waals surface area contributed by atoms with Crippen molar-refractivity contribution in [2.24, 2.45) is 0 Å². The quantitative estimate of drug-likeness (QED) is 0.857. The van der Waals surface area contributed by atoms with Gasteiger partial charge in [0, 0.05) is 57.6 Å². The van der Waals surface area contributed by atoms with Crippen molar-refractivity contribution in [3.63, 3.8) is 0 Å². The number of amides is 2. The Balaban J connectivity index is 1.58. The smallest absolute Gasteiger partial charge is 0.221 e. The van der Waals surface area contributed by atoms with Gasteiger partial charge in [-0.3, -0.25) is 14.5 Å². The van der Waals surface area contributed by atoms with Crippen molar-refractivity contribution in [2.45, 2.75) is 19.8 Å². The third kappa shape index (κ3) is 6.20. The van der Waals surface area contributed by atoms with Crippen molar-refractivity contribution in [3.05, 3.63) is 34.9 Å². The fourth-order valence-electron chi connectivity index (χ4n) is 2.63. The van der Waals surface area contributed by atoms with Crippen LogP contribution in [-0.2, 0) is 16.0 Å². The molecule has 0 spiro atoms. The molecule has 0 atom stereocenters. The van der Waals surface area contributed by atoms with Gasteiger partial charge in [-0.05, 0) is 24.1 Å². The molecule has 6 heteroatoms. The van der Waals surface area contributed by atoms with E-state index < -0.39 is 0 Å². The number of carbonyl (C=O) groups excluding carboxylic acids is 2. The molecule has 1 aromatic rings. The Hall–Kier alpha value is -1.59. The highest BCUT2D eigenvalue weighted by Gasteiger charge is 2.18. The predicted molar refractivity (Wildman–Crippen MR) is 91.5 cm³/mol. The van der Waals surface area contributed by atoms with Crippen LogP contribution in [0.5, 0.6) is 0 Å². The van der Waals surface area contributed by atoms with E-state index in [1.807, 2.05) is 29.2 Å². The molecule has 1 saturated heterocycles. The van der Waals surface area contributed by atoms with Crippen LogP contribution < -0.4 is 5.32 Å². The number of benzene rings is 1. The number of piperazine rings is 1. The van der Waals surface area contributed by atoms with E-state index in [-0.39, 0.29) is 11.8 Å². The fraction of sp³-hybridized carbons (Fsp3) is 0.529. The van der Waals surface area contributed by atoms with Gasteiger partial charge in [-0.25, -0.2) is 0 Å². The topological polar surface area (TPSA) is 52.7 Å². The molecule has 5 nitrogen and oxygen atoms in total. The minimum atomic E-state index is 0.0768. The molecule has 0 bridgehead atoms. The predicted octanol–water partition coefficient (Wildman–Crippen LogP) is 1.55. The van der Waals surface area contributed by atoms with Gasteiger partial charge in [0.15, 0.2) is 0 Å². The van der Waals surface area contributed by atoms with E-state index in [9.17, 15) is 9.59 Å². The third-order valence-corrected chi connectivity index (χ3v) is 4.37. The molecule has 0 radical (unpaired) electrons. The molecule has 126 valence electrons. The van der Waals surface area contributed by atoms with Crippen LogP contribution in [0.1, 0.15) is 18.9 Å². The van der Waals surface area contributed by atoms with Crippen molar-refractivity contribution in [3.8, 4) is 0 Å². The highest BCUT2D eigenvalue weighted by Crippen LogP contribution is 2.09. The second-order valence-electron chi connectivity index (χ2n) is 5.82. The molecule has 1 aliphatic heterocycles. The SMILES string of the molecule is CC(=O)N1CCN(CCC(=O)NCCc2ccc(Cl)cc2)CC1. The van der Waals surface area contributed by atoms with Crippen molar-refractivity contribution < 1.29 is 9.59 Å². The van der Waals surface area contributed by atoms with E-state index in [0.29, 0.717) is 13.0 Å². The molecule has 0 aromatic heterocycles. The van der Waals surface area contributed by atoms with Crippen molar-refractivity contribution in [1.82, 2.24) is 15.1 Å². The number of nitrogens with one attached hydrogen (secondary N) is 1. The third-order valence-electron chi connectivity index (χ3n) is 4.12. The first-order chi connectivity index (χ1) is 11.0. The van der Waals surface area contributed by atoms with E-state index in [0.717, 1.165) is 49.7 Å². The highest BCUT2D eigenvalue weighted by atomic mass is 35.5. The summed E-state index contributed by atoms with van der Waals surface area (Å²) in [5.74, 6) is 0.206. The first-order valence-corrected chi connectivity index (χ1v) is 8.41. The lowest BCUT2D eigenvalue weighted by atomic mass is 10.1. The molecule has 23 heavy (non-hydrogen) atoms. The van der Waals surface area contributed by atoms with Crippen molar-refractivity contribution in [1.29, 1.82) is 0 Å². The Morgan fingerprint density at radius 2 is 1.78 bits per heavy atom. The van der Waals surface area contributed by atoms with Gasteiger partial charge in [0.25, 0.3) is 0 Å². The van der Waals surface area contributed by atoms with E-state index in [2.05, 4.69) is 10.2 Å². The molecule has 0 aliphatic carbocycles. The molecule has 1 heterocycles. The number of rotatable bonds is 6. The van der Waals surface area contributed by atoms with Gasteiger partial charge in [0.2, 0.25) is 11.8 Å². The second kappa shape index (κ2) is 8.89. The normalized spacial score (nSPS) is 15.5. The summed E-state index contributed by atoms with van der Waals surface area (Å²) in [6, 6.07) is 7.67. The summed E-state index contributed by atoms with van der Waals surface area (Å²) >= 11 is 5.84. The van der Waals surface area contributed by atoms with Crippen LogP contribution in [0.25, 0.3) is 0 Å². The molecule has 0 unspecified atom stereocenters. The summed E-state index contributed by atoms with van der Waals surface area (Å²) in [6.07, 6.45) is 1.31. The van der Waals surface area contributed by atoms with Crippen molar-refractivity contribution >= 4 is 23.4 Å². The molecule has 1 fully saturated rings. The Morgan fingerprint density at radius 3 is 2.39 bits per heavy atom. The number of carbonyl (C=O) groups is 2. The number of halogens is 1. The lowest BCUT2D eigenvalue weighted by molar-refractivity contribution is -0.131. The molecule has 1 N–H and O–H groups in total. The summed E-state index contributed by atoms with van der Waals surface area (Å²) in [4.78, 5) is 27.2. The fourth-order valence-corrected chi connectivity index (χ4v) is 2.76. The van der Waals surface area contributed by atoms with Gasteiger partial charge in [0.1, 0.15) is 0 Å². The summed E-state index contributed by atoms with van der Waals surface area (Å²) in [5, 5.41) is 3.67. The van der Waals surface area contributed by atoms with Gasteiger partial charge >= 0.3 is 0 Å². The minimum Gasteiger partial charge on any atom is -0.356 e. The number of nitrogens with zero attached hydrogens (tertiary/aromatic N) is 2. The van der Waals surface area contributed by atoms with Crippen LogP contribution in [0.4, 0.5) is 0 Å². The van der Waals surface area contributed by atoms with Gasteiger partial charge in [-0.15, -0.1) is 0 Å². The van der Waals surface area contributed by atoms with Crippen LogP contribution in [0.3, 0.4) is 0 Å². The maximum atomic E-state index is 11.9. The van der Waals surface area contributed by atoms with Crippen LogP contribution in [0.15, 0.2) is 24.3 Å². The van der Waals surface area contributed by atoms with Crippen molar-refractivity contribution in [2.75, 3.05) is 39.3 Å². The van der Waals surface area contributed by atoms with E-state index in [4.69, 9.17) is 11.6 Å². The van der Waals surface area contributed by atoms with Gasteiger partial charge in [0.05, 0.1) is 0 Å². The van der Waals surface area contributed by atoms with Gasteiger partial charge < -0.3 is 10.2 Å². The summed E-state index contributed by atoms with van der Waals surface area (Å²) in [5.41, 5.74) is 1.16. The monoisotopic (exact) mass is 337 g/mol. The van der Waals surface area contributed by atoms with Gasteiger partial charge in [-0.1, -0.05) is 23.7 Å². The first kappa shape index (κ1) is 17.8. The molecule has 1 aliphatic rings. The Bertz CT molecular complexity index is 525. The molecule has 2 rings (SSSR count). The molecular weight excluding hydrogens is 314 g/mol. The second-order valence-corrected chi connectivity index (χ2v) is 6.26. The Morgan fingerprint density at radius 1 is 1.13 bits per heavy atom. The van der Waals surface area contributed by atoms with Crippen LogP contribution >= 0.6 is 11.6 Å². The Kier molecular flexibility index (Phi) is 6.86. The lowest BCUT2D eigenvalue weighted by Gasteiger charge is -2.34. The van der Waals surface area contributed by atoms with Crippen LogP contribution in [0.2, 0.25) is 5.02 Å². The number of hydrogen-bond donors (Lipinski definition) is 1. The van der Waals surface area contributed by atoms with E-state index in [1.165, 1.54) is 0 Å². The number of hydrogen-bond acceptors (Lipinski definition) is 3. The molecule has 1 aromatic carbocycles.